The summed E-state index contributed by atoms with van der Waals surface area (Å²) < 4.78 is 27.4. The van der Waals surface area contributed by atoms with Crippen molar-refractivity contribution in [1.29, 1.82) is 0 Å². The first-order valence-electron chi connectivity index (χ1n) is 6.18. The van der Waals surface area contributed by atoms with Gasteiger partial charge in [-0.1, -0.05) is 6.92 Å². The molecule has 0 atom stereocenters. The Hall–Kier alpha value is -1.87. The fourth-order valence-electron chi connectivity index (χ4n) is 2.02. The first-order chi connectivity index (χ1) is 9.46. The van der Waals surface area contributed by atoms with E-state index in [0.29, 0.717) is 0 Å². The molecule has 0 aliphatic rings. The van der Waals surface area contributed by atoms with Crippen LogP contribution in [0.25, 0.3) is 0 Å². The van der Waals surface area contributed by atoms with E-state index in [0.717, 1.165) is 10.4 Å². The standard InChI is InChI=1S/C12H19N3O5S/c1-5-15(12(2,3)11(17)18)21(19,20)8-6-9(10(13)16)14(4)7-8/h6-7H,5H2,1-4H3,(H2,13,16)(H,17,18). The van der Waals surface area contributed by atoms with Crippen molar-refractivity contribution in [2.24, 2.45) is 12.8 Å². The van der Waals surface area contributed by atoms with Crippen LogP contribution >= 0.6 is 0 Å². The molecule has 1 aromatic heterocycles. The zero-order valence-corrected chi connectivity index (χ0v) is 13.1. The zero-order chi connectivity index (χ0) is 16.6. The second kappa shape index (κ2) is 5.49. The normalized spacial score (nSPS) is 12.6. The lowest BCUT2D eigenvalue weighted by atomic mass is 10.1. The molecular weight excluding hydrogens is 298 g/mol. The van der Waals surface area contributed by atoms with Crippen molar-refractivity contribution in [3.63, 3.8) is 0 Å². The van der Waals surface area contributed by atoms with Gasteiger partial charge < -0.3 is 15.4 Å². The highest BCUT2D eigenvalue weighted by Crippen LogP contribution is 2.26. The number of primary amides is 1. The molecule has 0 saturated carbocycles. The van der Waals surface area contributed by atoms with E-state index in [1.807, 2.05) is 0 Å². The van der Waals surface area contributed by atoms with E-state index in [2.05, 4.69) is 0 Å². The monoisotopic (exact) mass is 317 g/mol. The first kappa shape index (κ1) is 17.2. The number of carboxylic acid groups (broad SMARTS) is 1. The number of amides is 1. The van der Waals surface area contributed by atoms with E-state index in [1.54, 1.807) is 6.92 Å². The third-order valence-electron chi connectivity index (χ3n) is 3.25. The topological polar surface area (TPSA) is 123 Å². The second-order valence-corrected chi connectivity index (χ2v) is 6.93. The second-order valence-electron chi connectivity index (χ2n) is 5.07. The van der Waals surface area contributed by atoms with Gasteiger partial charge in [0.15, 0.2) is 0 Å². The Morgan fingerprint density at radius 3 is 2.29 bits per heavy atom. The molecule has 118 valence electrons. The van der Waals surface area contributed by atoms with Crippen molar-refractivity contribution in [2.75, 3.05) is 6.54 Å². The maximum absolute atomic E-state index is 12.6. The highest BCUT2D eigenvalue weighted by atomic mass is 32.2. The van der Waals surface area contributed by atoms with Gasteiger partial charge in [0.2, 0.25) is 10.0 Å². The highest BCUT2D eigenvalue weighted by molar-refractivity contribution is 7.89. The largest absolute Gasteiger partial charge is 0.480 e. The summed E-state index contributed by atoms with van der Waals surface area (Å²) in [5.41, 5.74) is 3.56. The number of hydrogen-bond acceptors (Lipinski definition) is 4. The van der Waals surface area contributed by atoms with Crippen LogP contribution in [0.3, 0.4) is 0 Å². The molecule has 0 unspecified atom stereocenters. The van der Waals surface area contributed by atoms with Crippen molar-refractivity contribution in [1.82, 2.24) is 8.87 Å². The van der Waals surface area contributed by atoms with Crippen molar-refractivity contribution >= 4 is 21.9 Å². The van der Waals surface area contributed by atoms with Crippen molar-refractivity contribution < 1.29 is 23.1 Å². The van der Waals surface area contributed by atoms with Crippen LogP contribution in [-0.4, -0.2) is 46.4 Å². The average molecular weight is 317 g/mol. The summed E-state index contributed by atoms with van der Waals surface area (Å²) in [6, 6.07) is 1.14. The quantitative estimate of drug-likeness (QED) is 0.764. The molecule has 1 heterocycles. The van der Waals surface area contributed by atoms with Gasteiger partial charge in [-0.25, -0.2) is 8.42 Å². The van der Waals surface area contributed by atoms with Crippen LogP contribution in [0.1, 0.15) is 31.3 Å². The van der Waals surface area contributed by atoms with Gasteiger partial charge in [-0.2, -0.15) is 4.31 Å². The number of aliphatic carboxylic acids is 1. The highest BCUT2D eigenvalue weighted by Gasteiger charge is 2.42. The predicted octanol–water partition coefficient (Wildman–Crippen LogP) is -0.00220. The smallest absolute Gasteiger partial charge is 0.324 e. The van der Waals surface area contributed by atoms with E-state index < -0.39 is 27.4 Å². The van der Waals surface area contributed by atoms with Crippen LogP contribution < -0.4 is 5.73 Å². The molecule has 0 bridgehead atoms. The number of hydrogen-bond donors (Lipinski definition) is 2. The molecule has 3 N–H and O–H groups in total. The van der Waals surface area contributed by atoms with Crippen molar-refractivity contribution in [3.8, 4) is 0 Å². The number of nitrogens with zero attached hydrogens (tertiary/aromatic N) is 2. The summed E-state index contributed by atoms with van der Waals surface area (Å²) in [6.07, 6.45) is 1.23. The number of aromatic nitrogens is 1. The number of carboxylic acids is 1. The van der Waals surface area contributed by atoms with Gasteiger partial charge in [0.25, 0.3) is 5.91 Å². The minimum atomic E-state index is -4.07. The van der Waals surface area contributed by atoms with E-state index >= 15 is 0 Å². The lowest BCUT2D eigenvalue weighted by Gasteiger charge is -2.32. The summed E-state index contributed by atoms with van der Waals surface area (Å²) in [4.78, 5) is 22.3. The van der Waals surface area contributed by atoms with Crippen molar-refractivity contribution in [2.45, 2.75) is 31.2 Å². The lowest BCUT2D eigenvalue weighted by molar-refractivity contribution is -0.146. The average Bonchev–Trinajstić information content (AvgIpc) is 2.72. The molecule has 9 heteroatoms. The van der Waals surface area contributed by atoms with Crippen molar-refractivity contribution in [3.05, 3.63) is 18.0 Å². The SMILES string of the molecule is CCN(C(C)(C)C(=O)O)S(=O)(=O)c1cc(C(N)=O)n(C)c1. The van der Waals surface area contributed by atoms with E-state index in [1.165, 1.54) is 31.7 Å². The lowest BCUT2D eigenvalue weighted by Crippen LogP contribution is -2.52. The van der Waals surface area contributed by atoms with Gasteiger partial charge in [-0.3, -0.25) is 9.59 Å². The van der Waals surface area contributed by atoms with Gasteiger partial charge >= 0.3 is 5.97 Å². The summed E-state index contributed by atoms with van der Waals surface area (Å²) in [6.45, 7) is 4.12. The Morgan fingerprint density at radius 2 is 1.95 bits per heavy atom. The Balaban J connectivity index is 3.42. The summed E-state index contributed by atoms with van der Waals surface area (Å²) in [7, 11) is -2.58. The number of sulfonamides is 1. The van der Waals surface area contributed by atoms with E-state index in [4.69, 9.17) is 5.73 Å². The number of aryl methyl sites for hydroxylation is 1. The zero-order valence-electron chi connectivity index (χ0n) is 12.3. The predicted molar refractivity (Wildman–Crippen MR) is 75.2 cm³/mol. The number of rotatable bonds is 6. The van der Waals surface area contributed by atoms with Gasteiger partial charge in [-0.15, -0.1) is 0 Å². The Kier molecular flexibility index (Phi) is 4.49. The Morgan fingerprint density at radius 1 is 1.43 bits per heavy atom. The molecule has 8 nitrogen and oxygen atoms in total. The molecule has 0 saturated heterocycles. The van der Waals surface area contributed by atoms with Gasteiger partial charge in [0.1, 0.15) is 16.1 Å². The fraction of sp³-hybridized carbons (Fsp3) is 0.500. The Labute approximate surface area is 123 Å². The maximum atomic E-state index is 12.6. The number of carbonyl (C=O) groups excluding carboxylic acids is 1. The molecule has 21 heavy (non-hydrogen) atoms. The molecule has 1 aromatic rings. The van der Waals surface area contributed by atoms with E-state index in [-0.39, 0.29) is 17.1 Å². The maximum Gasteiger partial charge on any atom is 0.324 e. The number of likely N-dealkylation sites (N-methyl/N-ethyl adjacent to an activating group) is 1. The summed E-state index contributed by atoms with van der Waals surface area (Å²) in [5, 5.41) is 9.22. The molecule has 0 aromatic carbocycles. The minimum Gasteiger partial charge on any atom is -0.480 e. The molecular formula is C12H19N3O5S. The fourth-order valence-corrected chi connectivity index (χ4v) is 3.85. The van der Waals surface area contributed by atoms with Crippen LogP contribution in [0.15, 0.2) is 17.2 Å². The Bertz CT molecular complexity index is 675. The minimum absolute atomic E-state index is 0.0254. The molecule has 1 rings (SSSR count). The van der Waals surface area contributed by atoms with Crippen LogP contribution in [-0.2, 0) is 21.9 Å². The molecule has 0 radical (unpaired) electrons. The van der Waals surface area contributed by atoms with Gasteiger partial charge in [0.05, 0.1) is 0 Å². The van der Waals surface area contributed by atoms with E-state index in [9.17, 15) is 23.1 Å². The first-order valence-corrected chi connectivity index (χ1v) is 7.62. The van der Waals surface area contributed by atoms with Crippen LogP contribution in [0, 0.1) is 0 Å². The van der Waals surface area contributed by atoms with Crippen LogP contribution in [0.5, 0.6) is 0 Å². The van der Waals surface area contributed by atoms with Gasteiger partial charge in [-0.05, 0) is 19.9 Å². The van der Waals surface area contributed by atoms with Crippen LogP contribution in [0.2, 0.25) is 0 Å². The third kappa shape index (κ3) is 2.93. The summed E-state index contributed by atoms with van der Waals surface area (Å²) >= 11 is 0. The van der Waals surface area contributed by atoms with Gasteiger partial charge in [0, 0.05) is 19.8 Å². The molecule has 1 amide bonds. The number of nitrogens with two attached hydrogens (primary N) is 1. The molecule has 0 aliphatic heterocycles. The molecule has 0 spiro atoms. The third-order valence-corrected chi connectivity index (χ3v) is 5.37. The molecule has 0 fully saturated rings. The summed E-state index contributed by atoms with van der Waals surface area (Å²) in [5.74, 6) is -2.03. The number of carbonyl (C=O) groups is 2. The van der Waals surface area contributed by atoms with Crippen LogP contribution in [0.4, 0.5) is 0 Å². The molecule has 0 aliphatic carbocycles.